The number of para-hydroxylation sites is 2. The highest BCUT2D eigenvalue weighted by atomic mass is 32.1. The first-order chi connectivity index (χ1) is 28.3. The Balaban J connectivity index is 1.06. The summed E-state index contributed by atoms with van der Waals surface area (Å²) in [5, 5.41) is 15.1. The molecule has 0 saturated carbocycles. The Morgan fingerprint density at radius 2 is 1.33 bits per heavy atom. The molecule has 0 fully saturated rings. The number of thiophene rings is 1. The number of hydrogen-bond donors (Lipinski definition) is 2. The Kier molecular flexibility index (Phi) is 7.37. The summed E-state index contributed by atoms with van der Waals surface area (Å²) >= 11 is 1.89. The highest BCUT2D eigenvalue weighted by Crippen LogP contribution is 2.42. The van der Waals surface area contributed by atoms with E-state index in [0.717, 1.165) is 57.4 Å². The fraction of sp³-hybridized carbons (Fsp3) is 0.0784. The Bertz CT molecular complexity index is 3320. The summed E-state index contributed by atoms with van der Waals surface area (Å²) in [6.07, 6.45) is 4.12. The summed E-state index contributed by atoms with van der Waals surface area (Å²) < 4.78 is 11.7. The van der Waals surface area contributed by atoms with Gasteiger partial charge in [0.15, 0.2) is 0 Å². The van der Waals surface area contributed by atoms with Crippen LogP contribution in [0.3, 0.4) is 0 Å². The second kappa shape index (κ2) is 12.9. The standard InChI is InChI=1S/C51H36N4OS/c1-3-14-31(15-4-1)49-52-50(32-16-5-2-6-17-32)54-51(53-49)37-21-12-27-45-46(37)38-30-33(28-29-44(38)57-45)34-20-11-25-42-47(34)48-41(24-13-26-43(48)56-42)55-39-22-9-7-18-35(39)36-19-8-10-23-40(36)55/h1-11,13-20,22-30,49,51,53H,12,21H2,(H,52,54). The Labute approximate surface area is 332 Å². The number of furan rings is 1. The molecule has 6 heteroatoms. The zero-order valence-corrected chi connectivity index (χ0v) is 31.8. The van der Waals surface area contributed by atoms with Gasteiger partial charge in [0, 0.05) is 41.6 Å². The van der Waals surface area contributed by atoms with Gasteiger partial charge in [0.2, 0.25) is 0 Å². The van der Waals surface area contributed by atoms with E-state index in [1.165, 1.54) is 58.3 Å². The number of fused-ring (bicyclic) bond motifs is 9. The van der Waals surface area contributed by atoms with Crippen LogP contribution >= 0.6 is 11.3 Å². The molecular formula is C51H36N4OS. The molecule has 7 aromatic carbocycles. The van der Waals surface area contributed by atoms with Crippen LogP contribution in [0.4, 0.5) is 0 Å². The first kappa shape index (κ1) is 32.5. The first-order valence-corrected chi connectivity index (χ1v) is 20.5. The Morgan fingerprint density at radius 1 is 0.632 bits per heavy atom. The van der Waals surface area contributed by atoms with Crippen LogP contribution < -0.4 is 20.4 Å². The van der Waals surface area contributed by atoms with E-state index in [1.54, 1.807) is 0 Å². The highest BCUT2D eigenvalue weighted by Gasteiger charge is 2.29. The lowest BCUT2D eigenvalue weighted by Gasteiger charge is -2.34. The second-order valence-electron chi connectivity index (χ2n) is 15.0. The molecule has 2 unspecified atom stereocenters. The molecule has 5 nitrogen and oxygen atoms in total. The van der Waals surface area contributed by atoms with E-state index in [1.807, 2.05) is 11.3 Å². The third-order valence-electron chi connectivity index (χ3n) is 11.8. The predicted octanol–water partition coefficient (Wildman–Crippen LogP) is 11.0. The van der Waals surface area contributed by atoms with E-state index < -0.39 is 0 Å². The minimum Gasteiger partial charge on any atom is -0.456 e. The topological polar surface area (TPSA) is 54.5 Å². The Hall–Kier alpha value is -6.73. The molecular weight excluding hydrogens is 717 g/mol. The van der Waals surface area contributed by atoms with Gasteiger partial charge >= 0.3 is 0 Å². The van der Waals surface area contributed by atoms with Gasteiger partial charge in [0.05, 0.1) is 22.1 Å². The third-order valence-corrected chi connectivity index (χ3v) is 13.0. The van der Waals surface area contributed by atoms with Crippen molar-refractivity contribution >= 4 is 82.7 Å². The number of aliphatic imine (C=N–C) groups is 1. The van der Waals surface area contributed by atoms with Crippen molar-refractivity contribution in [2.75, 3.05) is 0 Å². The van der Waals surface area contributed by atoms with Crippen LogP contribution in [0.25, 0.3) is 82.3 Å². The van der Waals surface area contributed by atoms with Crippen LogP contribution in [0.5, 0.6) is 0 Å². The molecule has 3 aromatic heterocycles. The van der Waals surface area contributed by atoms with Crippen molar-refractivity contribution in [3.63, 3.8) is 0 Å². The van der Waals surface area contributed by atoms with Gasteiger partial charge in [-0.15, -0.1) is 11.3 Å². The van der Waals surface area contributed by atoms with E-state index in [-0.39, 0.29) is 12.3 Å². The number of benzene rings is 7. The molecule has 4 heterocycles. The predicted molar refractivity (Wildman–Crippen MR) is 237 cm³/mol. The highest BCUT2D eigenvalue weighted by molar-refractivity contribution is 7.17. The molecule has 2 atom stereocenters. The minimum absolute atomic E-state index is 0.0909. The summed E-state index contributed by atoms with van der Waals surface area (Å²) in [6, 6.07) is 58.5. The van der Waals surface area contributed by atoms with Crippen LogP contribution in [0, 0.1) is 0 Å². The maximum atomic E-state index is 6.68. The first-order valence-electron chi connectivity index (χ1n) is 19.7. The van der Waals surface area contributed by atoms with E-state index in [4.69, 9.17) is 9.41 Å². The zero-order valence-electron chi connectivity index (χ0n) is 30.9. The molecule has 0 radical (unpaired) electrons. The summed E-state index contributed by atoms with van der Waals surface area (Å²) in [5.41, 5.74) is 11.2. The normalized spacial score (nSPS) is 16.9. The van der Waals surface area contributed by atoms with Crippen LogP contribution in [-0.4, -0.2) is 16.6 Å². The number of nitrogens with one attached hydrogen (secondary N) is 2. The lowest BCUT2D eigenvalue weighted by molar-refractivity contribution is 0.453. The van der Waals surface area contributed by atoms with E-state index in [0.29, 0.717) is 0 Å². The largest absolute Gasteiger partial charge is 0.456 e. The molecule has 10 aromatic rings. The summed E-state index contributed by atoms with van der Waals surface area (Å²) in [4.78, 5) is 5.20. The van der Waals surface area contributed by atoms with Gasteiger partial charge in [-0.2, -0.15) is 0 Å². The molecule has 272 valence electrons. The smallest absolute Gasteiger partial charge is 0.137 e. The molecule has 2 N–H and O–H groups in total. The minimum atomic E-state index is -0.175. The third kappa shape index (κ3) is 5.15. The molecule has 0 amide bonds. The van der Waals surface area contributed by atoms with Crippen LogP contribution in [-0.2, 0) is 0 Å². The van der Waals surface area contributed by atoms with Gasteiger partial charge in [-0.1, -0.05) is 127 Å². The van der Waals surface area contributed by atoms with Crippen molar-refractivity contribution in [2.24, 2.45) is 4.99 Å². The maximum absolute atomic E-state index is 6.68. The van der Waals surface area contributed by atoms with Crippen LogP contribution in [0.1, 0.15) is 30.1 Å². The molecule has 57 heavy (non-hydrogen) atoms. The lowest BCUT2D eigenvalue weighted by Crippen LogP contribution is -2.53. The van der Waals surface area contributed by atoms with Crippen molar-refractivity contribution in [2.45, 2.75) is 25.2 Å². The fourth-order valence-corrected chi connectivity index (χ4v) is 10.5. The van der Waals surface area contributed by atoms with Crippen molar-refractivity contribution in [1.82, 2.24) is 15.2 Å². The quantitative estimate of drug-likeness (QED) is 0.184. The monoisotopic (exact) mass is 752 g/mol. The number of rotatable bonds is 5. The summed E-state index contributed by atoms with van der Waals surface area (Å²) in [6.45, 7) is 0. The van der Waals surface area contributed by atoms with Crippen molar-refractivity contribution in [3.05, 3.63) is 185 Å². The van der Waals surface area contributed by atoms with Crippen molar-refractivity contribution < 1.29 is 4.42 Å². The number of aromatic nitrogens is 1. The van der Waals surface area contributed by atoms with E-state index >= 15 is 0 Å². The lowest BCUT2D eigenvalue weighted by atomic mass is 9.94. The zero-order chi connectivity index (χ0) is 37.5. The fourth-order valence-electron chi connectivity index (χ4n) is 9.28. The van der Waals surface area contributed by atoms with Crippen molar-refractivity contribution in [1.29, 1.82) is 0 Å². The van der Waals surface area contributed by atoms with Gasteiger partial charge in [0.25, 0.3) is 0 Å². The van der Waals surface area contributed by atoms with Gasteiger partial charge < -0.3 is 14.3 Å². The second-order valence-corrected chi connectivity index (χ2v) is 16.1. The Morgan fingerprint density at radius 3 is 2.12 bits per heavy atom. The van der Waals surface area contributed by atoms with E-state index in [9.17, 15) is 0 Å². The summed E-state index contributed by atoms with van der Waals surface area (Å²) in [5.74, 6) is 0.912. The number of nitrogens with zero attached hydrogens (tertiary/aromatic N) is 2. The van der Waals surface area contributed by atoms with Crippen LogP contribution in [0.15, 0.2) is 173 Å². The van der Waals surface area contributed by atoms with E-state index in [2.05, 4.69) is 185 Å². The molecule has 1 aliphatic carbocycles. The van der Waals surface area contributed by atoms with Gasteiger partial charge in [0.1, 0.15) is 29.3 Å². The SMILES string of the molecule is C1=c2sc3ccc(-c4cccc5oc6cccc(-n7c8ccccc8c8ccccc87)c6c45)cc3c2=C(C2NC(c3ccccc3)=NC(c3ccccc3)N2)CC1. The molecule has 0 saturated heterocycles. The molecule has 0 bridgehead atoms. The summed E-state index contributed by atoms with van der Waals surface area (Å²) in [7, 11) is 0. The average Bonchev–Trinajstić information content (AvgIpc) is 3.96. The average molecular weight is 753 g/mol. The maximum Gasteiger partial charge on any atom is 0.137 e. The van der Waals surface area contributed by atoms with Gasteiger partial charge in [-0.25, -0.2) is 4.99 Å². The van der Waals surface area contributed by atoms with Gasteiger partial charge in [-0.3, -0.25) is 5.32 Å². The molecule has 2 aliphatic rings. The van der Waals surface area contributed by atoms with Crippen LogP contribution in [0.2, 0.25) is 0 Å². The molecule has 1 aliphatic heterocycles. The molecule has 0 spiro atoms. The van der Waals surface area contributed by atoms with Gasteiger partial charge in [-0.05, 0) is 77.6 Å². The number of amidine groups is 1. The van der Waals surface area contributed by atoms with Crippen molar-refractivity contribution in [3.8, 4) is 16.8 Å². The molecule has 12 rings (SSSR count). The number of hydrogen-bond acceptors (Lipinski definition) is 5.